The van der Waals surface area contributed by atoms with Crippen LogP contribution in [-0.4, -0.2) is 13.4 Å². The summed E-state index contributed by atoms with van der Waals surface area (Å²) in [4.78, 5) is 3.56. The molecule has 1 aromatic rings. The molecule has 0 saturated heterocycles. The standard InChI is InChI=1S/C3H3NO.2CH4.B/c1-2-5-3-4-1;;;/h1-3H;2*1H4;. The Bertz CT molecular complexity index is 68.9. The highest BCUT2D eigenvalue weighted by Crippen LogP contribution is 1.72. The van der Waals surface area contributed by atoms with E-state index in [9.17, 15) is 0 Å². The highest BCUT2D eigenvalue weighted by molar-refractivity contribution is 5.75. The monoisotopic (exact) mass is 112 g/mol. The summed E-state index contributed by atoms with van der Waals surface area (Å²) in [7, 11) is 0. The van der Waals surface area contributed by atoms with Crippen LogP contribution < -0.4 is 0 Å². The highest BCUT2D eigenvalue weighted by atomic mass is 16.3. The lowest BCUT2D eigenvalue weighted by molar-refractivity contribution is 0.558. The van der Waals surface area contributed by atoms with Gasteiger partial charge in [0.15, 0.2) is 6.39 Å². The molecule has 0 atom stereocenters. The predicted molar refractivity (Wildman–Crippen MR) is 35.7 cm³/mol. The van der Waals surface area contributed by atoms with Gasteiger partial charge >= 0.3 is 0 Å². The largest absolute Gasteiger partial charge is 0.452 e. The van der Waals surface area contributed by atoms with Crippen molar-refractivity contribution >= 4 is 8.41 Å². The van der Waals surface area contributed by atoms with E-state index < -0.39 is 0 Å². The molecule has 0 spiro atoms. The summed E-state index contributed by atoms with van der Waals surface area (Å²) in [6.45, 7) is 0. The lowest BCUT2D eigenvalue weighted by atomic mass is 10.8. The summed E-state index contributed by atoms with van der Waals surface area (Å²) < 4.78 is 4.47. The fourth-order valence-corrected chi connectivity index (χ4v) is 0.176. The Hall–Kier alpha value is -0.725. The first-order valence-corrected chi connectivity index (χ1v) is 1.32. The molecule has 1 aromatic heterocycles. The van der Waals surface area contributed by atoms with Crippen molar-refractivity contribution in [2.45, 2.75) is 14.9 Å². The quantitative estimate of drug-likeness (QED) is 0.476. The molecule has 2 nitrogen and oxygen atoms in total. The second-order valence-corrected chi connectivity index (χ2v) is 0.676. The molecule has 0 aliphatic carbocycles. The molecule has 0 aliphatic rings. The average molecular weight is 112 g/mol. The van der Waals surface area contributed by atoms with Gasteiger partial charge in [0.1, 0.15) is 6.26 Å². The van der Waals surface area contributed by atoms with Gasteiger partial charge in [0.05, 0.1) is 6.20 Å². The van der Waals surface area contributed by atoms with E-state index in [4.69, 9.17) is 0 Å². The molecule has 3 radical (unpaired) electrons. The summed E-state index contributed by atoms with van der Waals surface area (Å²) in [5, 5.41) is 0. The molecule has 0 saturated carbocycles. The van der Waals surface area contributed by atoms with Crippen LogP contribution in [0, 0.1) is 0 Å². The molecular weight excluding hydrogens is 101 g/mol. The number of hydrogen-bond donors (Lipinski definition) is 0. The van der Waals surface area contributed by atoms with E-state index in [1.807, 2.05) is 0 Å². The summed E-state index contributed by atoms with van der Waals surface area (Å²) in [5.74, 6) is 0. The van der Waals surface area contributed by atoms with Crippen LogP contribution >= 0.6 is 0 Å². The maximum Gasteiger partial charge on any atom is 0.180 e. The first-order valence-electron chi connectivity index (χ1n) is 1.32. The Labute approximate surface area is 52.5 Å². The molecule has 0 fully saturated rings. The molecule has 0 aliphatic heterocycles. The Morgan fingerprint density at radius 2 is 1.88 bits per heavy atom. The zero-order valence-corrected chi connectivity index (χ0v) is 3.16. The molecular formula is C5H11BNO. The fraction of sp³-hybridized carbons (Fsp3) is 0.400. The van der Waals surface area contributed by atoms with Crippen LogP contribution in [0.25, 0.3) is 0 Å². The van der Waals surface area contributed by atoms with Crippen LogP contribution in [0.5, 0.6) is 0 Å². The van der Waals surface area contributed by atoms with Crippen LogP contribution in [0.1, 0.15) is 14.9 Å². The smallest absolute Gasteiger partial charge is 0.180 e. The molecule has 0 amide bonds. The third kappa shape index (κ3) is 5.27. The second-order valence-electron chi connectivity index (χ2n) is 0.676. The van der Waals surface area contributed by atoms with E-state index in [2.05, 4.69) is 9.40 Å². The molecule has 8 heavy (non-hydrogen) atoms. The normalized spacial score (nSPS) is 5.00. The van der Waals surface area contributed by atoms with Crippen molar-refractivity contribution < 1.29 is 4.42 Å². The molecule has 1 heterocycles. The summed E-state index contributed by atoms with van der Waals surface area (Å²) >= 11 is 0. The van der Waals surface area contributed by atoms with E-state index in [0.717, 1.165) is 0 Å². The minimum Gasteiger partial charge on any atom is -0.452 e. The Balaban J connectivity index is -0.0000000833. The lowest BCUT2D eigenvalue weighted by Gasteiger charge is -1.47. The van der Waals surface area contributed by atoms with Gasteiger partial charge in [-0.25, -0.2) is 4.98 Å². The van der Waals surface area contributed by atoms with Crippen LogP contribution in [-0.2, 0) is 0 Å². The number of oxazole rings is 1. The van der Waals surface area contributed by atoms with E-state index in [-0.39, 0.29) is 23.3 Å². The van der Waals surface area contributed by atoms with Crippen LogP contribution in [0.3, 0.4) is 0 Å². The Kier molecular flexibility index (Phi) is 18.7. The highest BCUT2D eigenvalue weighted by Gasteiger charge is 1.59. The lowest BCUT2D eigenvalue weighted by Crippen LogP contribution is -1.38. The maximum absolute atomic E-state index is 4.47. The van der Waals surface area contributed by atoms with Gasteiger partial charge in [-0.1, -0.05) is 14.9 Å². The van der Waals surface area contributed by atoms with Gasteiger partial charge in [0.2, 0.25) is 0 Å². The van der Waals surface area contributed by atoms with E-state index in [1.165, 1.54) is 12.7 Å². The molecule has 45 valence electrons. The first kappa shape index (κ1) is 15.7. The van der Waals surface area contributed by atoms with Gasteiger partial charge in [-0.2, -0.15) is 0 Å². The van der Waals surface area contributed by atoms with Crippen LogP contribution in [0.2, 0.25) is 0 Å². The van der Waals surface area contributed by atoms with E-state index >= 15 is 0 Å². The molecule has 3 heteroatoms. The van der Waals surface area contributed by atoms with Crippen molar-refractivity contribution in [3.63, 3.8) is 0 Å². The van der Waals surface area contributed by atoms with Gasteiger partial charge in [0.25, 0.3) is 0 Å². The fourth-order valence-electron chi connectivity index (χ4n) is 0.176. The zero-order valence-electron chi connectivity index (χ0n) is 3.16. The zero-order chi connectivity index (χ0) is 3.54. The van der Waals surface area contributed by atoms with Gasteiger partial charge in [0, 0.05) is 8.41 Å². The summed E-state index contributed by atoms with van der Waals surface area (Å²) in [6, 6.07) is 0. The van der Waals surface area contributed by atoms with Gasteiger partial charge in [-0.05, 0) is 0 Å². The molecule has 0 aromatic carbocycles. The van der Waals surface area contributed by atoms with Crippen molar-refractivity contribution in [3.05, 3.63) is 18.9 Å². The third-order valence-corrected chi connectivity index (χ3v) is 0.347. The van der Waals surface area contributed by atoms with Crippen LogP contribution in [0.4, 0.5) is 0 Å². The van der Waals surface area contributed by atoms with Crippen molar-refractivity contribution in [2.24, 2.45) is 0 Å². The van der Waals surface area contributed by atoms with Crippen molar-refractivity contribution in [2.75, 3.05) is 0 Å². The Morgan fingerprint density at radius 3 is 2.00 bits per heavy atom. The average Bonchev–Trinajstić information content (AvgIpc) is 1.76. The summed E-state index contributed by atoms with van der Waals surface area (Å²) in [5.41, 5.74) is 0. The number of aromatic nitrogens is 1. The van der Waals surface area contributed by atoms with Crippen molar-refractivity contribution in [1.29, 1.82) is 0 Å². The predicted octanol–water partition coefficient (Wildman–Crippen LogP) is 1.57. The molecule has 0 unspecified atom stereocenters. The maximum atomic E-state index is 4.47. The van der Waals surface area contributed by atoms with Crippen LogP contribution in [0.15, 0.2) is 23.3 Å². The van der Waals surface area contributed by atoms with Gasteiger partial charge in [-0.3, -0.25) is 0 Å². The third-order valence-electron chi connectivity index (χ3n) is 0.347. The molecule has 1 rings (SSSR count). The summed E-state index contributed by atoms with van der Waals surface area (Å²) in [6.07, 6.45) is 4.47. The van der Waals surface area contributed by atoms with E-state index in [1.54, 1.807) is 6.20 Å². The van der Waals surface area contributed by atoms with Gasteiger partial charge < -0.3 is 4.42 Å². The first-order chi connectivity index (χ1) is 2.50. The number of rotatable bonds is 0. The van der Waals surface area contributed by atoms with Crippen molar-refractivity contribution in [1.82, 2.24) is 4.98 Å². The second kappa shape index (κ2) is 9.55. The minimum atomic E-state index is 0. The SMILES string of the molecule is C.C.[B].c1cocn1. The minimum absolute atomic E-state index is 0. The number of nitrogens with zero attached hydrogens (tertiary/aromatic N) is 1. The number of hydrogen-bond acceptors (Lipinski definition) is 2. The van der Waals surface area contributed by atoms with E-state index in [0.29, 0.717) is 0 Å². The van der Waals surface area contributed by atoms with Crippen molar-refractivity contribution in [3.8, 4) is 0 Å². The van der Waals surface area contributed by atoms with Gasteiger partial charge in [-0.15, -0.1) is 0 Å². The molecule has 0 N–H and O–H groups in total. The topological polar surface area (TPSA) is 26.0 Å². The molecule has 0 bridgehead atoms. The Morgan fingerprint density at radius 1 is 1.25 bits per heavy atom.